The van der Waals surface area contributed by atoms with Gasteiger partial charge in [0.05, 0.1) is 4.90 Å². The molecule has 2 aromatic heterocycles. The zero-order chi connectivity index (χ0) is 18.0. The summed E-state index contributed by atoms with van der Waals surface area (Å²) in [6, 6.07) is 5.62. The Balaban J connectivity index is 1.63. The first-order valence-corrected chi connectivity index (χ1v) is 11.1. The lowest BCUT2D eigenvalue weighted by atomic mass is 10.3. The highest BCUT2D eigenvalue weighted by Crippen LogP contribution is 2.28. The maximum atomic E-state index is 12.8. The Kier molecular flexibility index (Phi) is 5.43. The molecule has 8 heteroatoms. The van der Waals surface area contributed by atoms with Gasteiger partial charge in [-0.15, -0.1) is 22.7 Å². The van der Waals surface area contributed by atoms with Gasteiger partial charge in [-0.25, -0.2) is 8.42 Å². The van der Waals surface area contributed by atoms with Crippen molar-refractivity contribution < 1.29 is 13.2 Å². The first kappa shape index (κ1) is 18.3. The number of nitrogens with zero attached hydrogens (tertiary/aromatic N) is 2. The third kappa shape index (κ3) is 4.03. The van der Waals surface area contributed by atoms with Crippen LogP contribution in [-0.4, -0.2) is 49.7 Å². The van der Waals surface area contributed by atoms with Crippen LogP contribution in [-0.2, 0) is 14.8 Å². The summed E-state index contributed by atoms with van der Waals surface area (Å²) in [6.45, 7) is 5.22. The summed E-state index contributed by atoms with van der Waals surface area (Å²) in [5.74, 6) is -0.0759. The van der Waals surface area contributed by atoms with Crippen molar-refractivity contribution in [3.05, 3.63) is 44.3 Å². The first-order valence-electron chi connectivity index (χ1n) is 7.95. The van der Waals surface area contributed by atoms with E-state index in [2.05, 4.69) is 0 Å². The number of amides is 1. The molecule has 1 fully saturated rings. The van der Waals surface area contributed by atoms with E-state index in [-0.39, 0.29) is 5.91 Å². The van der Waals surface area contributed by atoms with Gasteiger partial charge in [0.2, 0.25) is 15.9 Å². The Bertz CT molecular complexity index is 874. The maximum absolute atomic E-state index is 12.8. The van der Waals surface area contributed by atoms with E-state index in [1.165, 1.54) is 15.6 Å². The SMILES string of the molecule is Cc1cc(S(=O)(=O)N2CCN(C(=O)C=Cc3cccs3)CC2)c(C)s1. The molecule has 5 nitrogen and oxygen atoms in total. The van der Waals surface area contributed by atoms with E-state index in [1.54, 1.807) is 34.5 Å². The Morgan fingerprint density at radius 1 is 1.20 bits per heavy atom. The summed E-state index contributed by atoms with van der Waals surface area (Å²) < 4.78 is 27.1. The van der Waals surface area contributed by atoms with E-state index >= 15 is 0 Å². The van der Waals surface area contributed by atoms with Crippen molar-refractivity contribution in [2.24, 2.45) is 0 Å². The summed E-state index contributed by atoms with van der Waals surface area (Å²) >= 11 is 3.06. The molecule has 0 aromatic carbocycles. The Labute approximate surface area is 156 Å². The molecular weight excluding hydrogens is 376 g/mol. The predicted molar refractivity (Wildman–Crippen MR) is 102 cm³/mol. The molecule has 0 aliphatic carbocycles. The number of sulfonamides is 1. The van der Waals surface area contributed by atoms with Crippen LogP contribution in [0.4, 0.5) is 0 Å². The molecule has 1 aliphatic rings. The van der Waals surface area contributed by atoms with Crippen LogP contribution in [0.3, 0.4) is 0 Å². The van der Waals surface area contributed by atoms with Crippen molar-refractivity contribution in [2.75, 3.05) is 26.2 Å². The van der Waals surface area contributed by atoms with E-state index in [9.17, 15) is 13.2 Å². The molecule has 0 N–H and O–H groups in total. The zero-order valence-corrected chi connectivity index (χ0v) is 16.6. The normalized spacial score (nSPS) is 16.6. The van der Waals surface area contributed by atoms with E-state index in [4.69, 9.17) is 0 Å². The van der Waals surface area contributed by atoms with Crippen molar-refractivity contribution in [1.82, 2.24) is 9.21 Å². The van der Waals surface area contributed by atoms with Crippen LogP contribution >= 0.6 is 22.7 Å². The number of carbonyl (C=O) groups is 1. The van der Waals surface area contributed by atoms with Crippen molar-refractivity contribution >= 4 is 44.7 Å². The second-order valence-corrected chi connectivity index (χ2v) is 10.2. The number of thiophene rings is 2. The lowest BCUT2D eigenvalue weighted by Crippen LogP contribution is -2.50. The predicted octanol–water partition coefficient (Wildman–Crippen LogP) is 2.97. The fourth-order valence-electron chi connectivity index (χ4n) is 2.80. The molecule has 1 saturated heterocycles. The Morgan fingerprint density at radius 3 is 2.48 bits per heavy atom. The Hall–Kier alpha value is -1.48. The van der Waals surface area contributed by atoms with Gasteiger partial charge in [-0.2, -0.15) is 4.31 Å². The van der Waals surface area contributed by atoms with Crippen LogP contribution in [0.2, 0.25) is 0 Å². The molecular formula is C17H20N2O3S3. The number of hydrogen-bond donors (Lipinski definition) is 0. The van der Waals surface area contributed by atoms with Crippen LogP contribution in [0.15, 0.2) is 34.6 Å². The Morgan fingerprint density at radius 2 is 1.92 bits per heavy atom. The number of piperazine rings is 1. The van der Waals surface area contributed by atoms with E-state index in [1.807, 2.05) is 31.4 Å². The van der Waals surface area contributed by atoms with Gasteiger partial charge < -0.3 is 4.90 Å². The highest BCUT2D eigenvalue weighted by molar-refractivity contribution is 7.89. The highest BCUT2D eigenvalue weighted by Gasteiger charge is 2.31. The average molecular weight is 397 g/mol. The first-order chi connectivity index (χ1) is 11.9. The molecule has 0 unspecified atom stereocenters. The topological polar surface area (TPSA) is 57.7 Å². The number of rotatable bonds is 4. The van der Waals surface area contributed by atoms with Gasteiger partial charge in [0.1, 0.15) is 0 Å². The van der Waals surface area contributed by atoms with Crippen LogP contribution in [0.1, 0.15) is 14.6 Å². The standard InChI is InChI=1S/C17H20N2O3S3/c1-13-12-16(14(2)24-13)25(21,22)19-9-7-18(8-10-19)17(20)6-5-15-4-3-11-23-15/h3-6,11-12H,7-10H2,1-2H3. The second kappa shape index (κ2) is 7.41. The van der Waals surface area contributed by atoms with Crippen molar-refractivity contribution in [3.8, 4) is 0 Å². The van der Waals surface area contributed by atoms with Crippen LogP contribution < -0.4 is 0 Å². The fraction of sp³-hybridized carbons (Fsp3) is 0.353. The minimum absolute atomic E-state index is 0.0759. The summed E-state index contributed by atoms with van der Waals surface area (Å²) in [6.07, 6.45) is 3.36. The molecule has 25 heavy (non-hydrogen) atoms. The van der Waals surface area contributed by atoms with Crippen molar-refractivity contribution in [3.63, 3.8) is 0 Å². The zero-order valence-electron chi connectivity index (χ0n) is 14.1. The molecule has 134 valence electrons. The van der Waals surface area contributed by atoms with Crippen LogP contribution in [0, 0.1) is 13.8 Å². The molecule has 0 bridgehead atoms. The maximum Gasteiger partial charge on any atom is 0.246 e. The summed E-state index contributed by atoms with van der Waals surface area (Å²) in [5, 5.41) is 1.96. The third-order valence-electron chi connectivity index (χ3n) is 4.10. The lowest BCUT2D eigenvalue weighted by Gasteiger charge is -2.33. The number of aryl methyl sites for hydroxylation is 2. The summed E-state index contributed by atoms with van der Waals surface area (Å²) in [4.78, 5) is 17.2. The monoisotopic (exact) mass is 396 g/mol. The largest absolute Gasteiger partial charge is 0.337 e. The lowest BCUT2D eigenvalue weighted by molar-refractivity contribution is -0.127. The molecule has 0 saturated carbocycles. The molecule has 3 rings (SSSR count). The number of carbonyl (C=O) groups excluding carboxylic acids is 1. The molecule has 0 radical (unpaired) electrons. The van der Waals surface area contributed by atoms with Crippen LogP contribution in [0.5, 0.6) is 0 Å². The van der Waals surface area contributed by atoms with Crippen LogP contribution in [0.25, 0.3) is 6.08 Å². The molecule has 1 aliphatic heterocycles. The third-order valence-corrected chi connectivity index (χ3v) is 8.05. The minimum atomic E-state index is -3.48. The van der Waals surface area contributed by atoms with Gasteiger partial charge in [0, 0.05) is 46.9 Å². The van der Waals surface area contributed by atoms with Gasteiger partial charge in [0.25, 0.3) is 0 Å². The minimum Gasteiger partial charge on any atom is -0.337 e. The molecule has 0 spiro atoms. The smallest absolute Gasteiger partial charge is 0.246 e. The summed E-state index contributed by atoms with van der Waals surface area (Å²) in [5.41, 5.74) is 0. The average Bonchev–Trinajstić information content (AvgIpc) is 3.22. The summed E-state index contributed by atoms with van der Waals surface area (Å²) in [7, 11) is -3.48. The molecule has 0 atom stereocenters. The van der Waals surface area contributed by atoms with E-state index in [0.29, 0.717) is 31.1 Å². The van der Waals surface area contributed by atoms with E-state index < -0.39 is 10.0 Å². The van der Waals surface area contributed by atoms with Crippen molar-refractivity contribution in [1.29, 1.82) is 0 Å². The fourth-order valence-corrected chi connectivity index (χ4v) is 6.36. The molecule has 2 aromatic rings. The van der Waals surface area contributed by atoms with Gasteiger partial charge >= 0.3 is 0 Å². The second-order valence-electron chi connectivity index (χ2n) is 5.86. The van der Waals surface area contributed by atoms with Gasteiger partial charge in [-0.3, -0.25) is 4.79 Å². The molecule has 3 heterocycles. The van der Waals surface area contributed by atoms with Gasteiger partial charge in [0.15, 0.2) is 0 Å². The number of hydrogen-bond acceptors (Lipinski definition) is 5. The van der Waals surface area contributed by atoms with Gasteiger partial charge in [-0.1, -0.05) is 6.07 Å². The van der Waals surface area contributed by atoms with E-state index in [0.717, 1.165) is 14.6 Å². The van der Waals surface area contributed by atoms with Crippen molar-refractivity contribution in [2.45, 2.75) is 18.7 Å². The quantitative estimate of drug-likeness (QED) is 0.747. The van der Waals surface area contributed by atoms with Gasteiger partial charge in [-0.05, 0) is 37.4 Å². The highest BCUT2D eigenvalue weighted by atomic mass is 32.2. The molecule has 1 amide bonds.